The molecule has 1 aliphatic heterocycles. The molecule has 39 heavy (non-hydrogen) atoms. The number of ether oxygens (including phenoxy) is 1. The van der Waals surface area contributed by atoms with Crippen molar-refractivity contribution in [2.45, 2.75) is 31.6 Å². The van der Waals surface area contributed by atoms with Crippen LogP contribution in [0.25, 0.3) is 17.0 Å². The molecule has 2 heterocycles. The Hall–Kier alpha value is -3.59. The van der Waals surface area contributed by atoms with E-state index < -0.39 is 66.0 Å². The molecule has 0 saturated carbocycles. The van der Waals surface area contributed by atoms with Crippen LogP contribution in [0.15, 0.2) is 54.7 Å². The fraction of sp³-hybridized carbons (Fsp3) is 0.240. The fourth-order valence-electron chi connectivity index (χ4n) is 4.38. The molecule has 208 valence electrons. The third kappa shape index (κ3) is 5.07. The number of benzene rings is 2. The van der Waals surface area contributed by atoms with Crippen molar-refractivity contribution in [3.05, 3.63) is 83.1 Å². The molecule has 0 unspecified atom stereocenters. The maximum atomic E-state index is 15.5. The molecule has 1 atom stereocenters. The van der Waals surface area contributed by atoms with Gasteiger partial charge in [-0.3, -0.25) is 10.8 Å². The summed E-state index contributed by atoms with van der Waals surface area (Å²) in [4.78, 5) is 15.2. The summed E-state index contributed by atoms with van der Waals surface area (Å²) in [5.74, 6) is 3.51. The van der Waals surface area contributed by atoms with E-state index in [-0.39, 0.29) is 22.6 Å². The first-order valence-corrected chi connectivity index (χ1v) is 13.6. The largest absolute Gasteiger partial charge is 0.435 e. The first kappa shape index (κ1) is 28.4. The van der Waals surface area contributed by atoms with Crippen LogP contribution in [0, 0.1) is 11.6 Å². The van der Waals surface area contributed by atoms with Crippen LogP contribution in [0.1, 0.15) is 30.5 Å². The van der Waals surface area contributed by atoms with Crippen molar-refractivity contribution >= 4 is 19.3 Å². The monoisotopic (exact) mass is 570 g/mol. The summed E-state index contributed by atoms with van der Waals surface area (Å²) >= 11 is 0. The predicted octanol–water partition coefficient (Wildman–Crippen LogP) is 3.24. The number of pyridine rings is 1. The number of nitrogens with two attached hydrogens (primary N) is 1. The number of hydrogen-bond acceptors (Lipinski definition) is 7. The molecule has 6 N–H and O–H groups in total. The van der Waals surface area contributed by atoms with Crippen LogP contribution in [0.2, 0.25) is 0 Å². The van der Waals surface area contributed by atoms with Crippen molar-refractivity contribution in [2.24, 2.45) is 5.84 Å². The number of hydrazine groups is 1. The molecule has 0 amide bonds. The molecule has 4 rings (SSSR count). The van der Waals surface area contributed by atoms with Gasteiger partial charge in [-0.1, -0.05) is 12.1 Å². The van der Waals surface area contributed by atoms with Crippen molar-refractivity contribution in [1.29, 1.82) is 0 Å². The molecule has 14 heteroatoms. The second-order valence-corrected chi connectivity index (χ2v) is 12.5. The van der Waals surface area contributed by atoms with Crippen LogP contribution in [0.4, 0.5) is 26.3 Å². The summed E-state index contributed by atoms with van der Waals surface area (Å²) in [6.07, 6.45) is 0.444. The Morgan fingerprint density at radius 1 is 1.18 bits per heavy atom. The van der Waals surface area contributed by atoms with Crippen LogP contribution in [0.5, 0.6) is 5.75 Å². The molecule has 1 aromatic heterocycles. The number of aromatic nitrogens is 1. The molecular formula is C25H24F6N4O3Si. The van der Waals surface area contributed by atoms with Crippen LogP contribution in [-0.2, 0) is 11.1 Å². The first-order chi connectivity index (χ1) is 18.2. The minimum atomic E-state index is -4.81. The molecule has 0 radical (unpaired) electrons. The van der Waals surface area contributed by atoms with Gasteiger partial charge < -0.3 is 25.4 Å². The van der Waals surface area contributed by atoms with E-state index in [0.717, 1.165) is 32.2 Å². The van der Waals surface area contributed by atoms with E-state index in [1.165, 1.54) is 36.4 Å². The summed E-state index contributed by atoms with van der Waals surface area (Å²) in [6.45, 7) is -0.814. The van der Waals surface area contributed by atoms with E-state index in [2.05, 4.69) is 20.5 Å². The summed E-state index contributed by atoms with van der Waals surface area (Å²) < 4.78 is 89.4. The Kier molecular flexibility index (Phi) is 7.42. The summed E-state index contributed by atoms with van der Waals surface area (Å²) in [7, 11) is -4.81. The Morgan fingerprint density at radius 3 is 2.44 bits per heavy atom. The lowest BCUT2D eigenvalue weighted by molar-refractivity contribution is -0.0498. The second-order valence-electron chi connectivity index (χ2n) is 9.36. The Bertz CT molecular complexity index is 1420. The first-order valence-electron chi connectivity index (χ1n) is 11.5. The molecule has 0 bridgehead atoms. The second kappa shape index (κ2) is 10.2. The van der Waals surface area contributed by atoms with Gasteiger partial charge in [0.15, 0.2) is 5.82 Å². The zero-order valence-electron chi connectivity index (χ0n) is 20.6. The topological polar surface area (TPSA) is 113 Å². The van der Waals surface area contributed by atoms with Gasteiger partial charge in [0.25, 0.3) is 5.55 Å². The van der Waals surface area contributed by atoms with Gasteiger partial charge in [-0.15, -0.1) is 0 Å². The highest BCUT2D eigenvalue weighted by atomic mass is 28.4. The average molecular weight is 571 g/mol. The Morgan fingerprint density at radius 2 is 1.85 bits per heavy atom. The molecule has 7 nitrogen and oxygen atoms in total. The quantitative estimate of drug-likeness (QED) is 0.116. The van der Waals surface area contributed by atoms with Crippen LogP contribution < -0.4 is 26.6 Å². The van der Waals surface area contributed by atoms with Crippen molar-refractivity contribution in [3.8, 4) is 17.0 Å². The van der Waals surface area contributed by atoms with Gasteiger partial charge in [0.2, 0.25) is 0 Å². The Balaban J connectivity index is 1.72. The molecule has 0 aliphatic carbocycles. The highest BCUT2D eigenvalue weighted by Gasteiger charge is 2.72. The average Bonchev–Trinajstić information content (AvgIpc) is 2.85. The summed E-state index contributed by atoms with van der Waals surface area (Å²) in [6, 6.07) is 9.87. The normalized spacial score (nSPS) is 18.4. The van der Waals surface area contributed by atoms with E-state index in [9.17, 15) is 23.1 Å². The van der Waals surface area contributed by atoms with Crippen LogP contribution in [0.3, 0.4) is 0 Å². The number of fused-ring (bicyclic) bond motifs is 1. The van der Waals surface area contributed by atoms with E-state index in [0.29, 0.717) is 0 Å². The van der Waals surface area contributed by atoms with Gasteiger partial charge in [-0.2, -0.15) is 8.78 Å². The van der Waals surface area contributed by atoms with E-state index in [4.69, 9.17) is 5.84 Å². The van der Waals surface area contributed by atoms with Gasteiger partial charge in [-0.25, -0.2) is 17.6 Å². The van der Waals surface area contributed by atoms with Crippen LogP contribution in [-0.4, -0.2) is 36.0 Å². The highest BCUT2D eigenvalue weighted by molar-refractivity contribution is 6.91. The predicted molar refractivity (Wildman–Crippen MR) is 133 cm³/mol. The SMILES string of the molecule is CC(C)(O)c1c(F)c(-c2ccc(F)cc2)nc2c1C(F)(F)[Si@]2(O)CN/C=C(\NN)c1cccc(OC(F)F)c1. The van der Waals surface area contributed by atoms with Crippen molar-refractivity contribution < 1.29 is 41.0 Å². The lowest BCUT2D eigenvalue weighted by Crippen LogP contribution is -2.78. The van der Waals surface area contributed by atoms with Gasteiger partial charge in [-0.05, 0) is 50.2 Å². The minimum absolute atomic E-state index is 0.0575. The summed E-state index contributed by atoms with van der Waals surface area (Å²) in [5.41, 5.74) is -5.30. The molecule has 0 fully saturated rings. The third-order valence-corrected chi connectivity index (χ3v) is 9.37. The maximum Gasteiger partial charge on any atom is 0.387 e. The summed E-state index contributed by atoms with van der Waals surface area (Å²) in [5, 5.41) is 12.7. The van der Waals surface area contributed by atoms with E-state index in [1.54, 1.807) is 0 Å². The molecular weight excluding hydrogens is 546 g/mol. The number of hydrogen-bond donors (Lipinski definition) is 5. The number of nitrogens with zero attached hydrogens (tertiary/aromatic N) is 1. The zero-order chi connectivity index (χ0) is 28.8. The van der Waals surface area contributed by atoms with Crippen LogP contribution >= 0.6 is 0 Å². The molecule has 0 saturated heterocycles. The van der Waals surface area contributed by atoms with E-state index in [1.807, 2.05) is 0 Å². The van der Waals surface area contributed by atoms with E-state index >= 15 is 13.2 Å². The van der Waals surface area contributed by atoms with Gasteiger partial charge in [0, 0.05) is 34.6 Å². The number of alkyl halides is 4. The Labute approximate surface area is 220 Å². The van der Waals surface area contributed by atoms with Gasteiger partial charge in [0.05, 0.1) is 16.6 Å². The number of rotatable bonds is 9. The minimum Gasteiger partial charge on any atom is -0.435 e. The number of aliphatic hydroxyl groups is 1. The smallest absolute Gasteiger partial charge is 0.387 e. The molecule has 1 aliphatic rings. The lowest BCUT2D eigenvalue weighted by atomic mass is 9.91. The van der Waals surface area contributed by atoms with Crippen molar-refractivity contribution in [2.75, 3.05) is 6.17 Å². The molecule has 2 aromatic carbocycles. The number of nitrogens with one attached hydrogen (secondary N) is 2. The standard InChI is InChI=1S/C25H24F6N4O3Si/c1-24(2,36)18-19-22(34-21(20(18)27)13-6-8-15(26)9-7-13)39(37,25(19,30)31)12-33-11-17(35-32)14-4-3-5-16(10-14)38-23(28)29/h3-11,23,33,35-37H,12,32H2,1-2H3/b17-11-/t39-/m0/s1. The maximum absolute atomic E-state index is 15.5. The molecule has 3 aromatic rings. The third-order valence-electron chi connectivity index (χ3n) is 6.22. The fourth-order valence-corrected chi connectivity index (χ4v) is 6.92. The van der Waals surface area contributed by atoms with Gasteiger partial charge in [0.1, 0.15) is 17.3 Å². The lowest BCUT2D eigenvalue weighted by Gasteiger charge is -2.46. The number of halogens is 6. The van der Waals surface area contributed by atoms with Gasteiger partial charge >= 0.3 is 14.9 Å². The highest BCUT2D eigenvalue weighted by Crippen LogP contribution is 2.49. The van der Waals surface area contributed by atoms with Crippen molar-refractivity contribution in [3.63, 3.8) is 0 Å². The zero-order valence-corrected chi connectivity index (χ0v) is 21.6. The molecule has 0 spiro atoms. The van der Waals surface area contributed by atoms with Crippen molar-refractivity contribution in [1.82, 2.24) is 15.7 Å².